The van der Waals surface area contributed by atoms with Crippen molar-refractivity contribution in [2.45, 2.75) is 19.8 Å². The van der Waals surface area contributed by atoms with E-state index in [4.69, 9.17) is 10.1 Å². The molecule has 2 aromatic rings. The number of hydrogen-bond acceptors (Lipinski definition) is 4. The van der Waals surface area contributed by atoms with Gasteiger partial charge in [0.25, 0.3) is 5.62 Å². The largest absolute Gasteiger partial charge is 0.439 e. The molecule has 0 amide bonds. The van der Waals surface area contributed by atoms with Gasteiger partial charge in [-0.2, -0.15) is 9.71 Å². The fourth-order valence-corrected chi connectivity index (χ4v) is 1.62. The maximum Gasteiger partial charge on any atom is 0.258 e. The zero-order valence-electron chi connectivity index (χ0n) is 10.1. The summed E-state index contributed by atoms with van der Waals surface area (Å²) in [6.07, 6.45) is 1.53. The third-order valence-corrected chi connectivity index (χ3v) is 2.45. The second kappa shape index (κ2) is 5.35. The van der Waals surface area contributed by atoms with Crippen LogP contribution in [-0.4, -0.2) is 14.9 Å². The summed E-state index contributed by atoms with van der Waals surface area (Å²) < 4.78 is 6.32. The molecule has 0 unspecified atom stereocenters. The molecule has 0 atom stereocenters. The lowest BCUT2D eigenvalue weighted by Gasteiger charge is -2.09. The van der Waals surface area contributed by atoms with Gasteiger partial charge in [0.2, 0.25) is 5.88 Å². The molecule has 2 N–H and O–H groups in total. The van der Waals surface area contributed by atoms with Crippen molar-refractivity contribution in [3.63, 3.8) is 0 Å². The summed E-state index contributed by atoms with van der Waals surface area (Å²) in [5, 5.41) is 17.2. The van der Waals surface area contributed by atoms with E-state index in [2.05, 4.69) is 4.98 Å². The van der Waals surface area contributed by atoms with Gasteiger partial charge in [0.15, 0.2) is 0 Å². The lowest BCUT2D eigenvalue weighted by molar-refractivity contribution is 0.153. The van der Waals surface area contributed by atoms with Crippen molar-refractivity contribution in [3.8, 4) is 11.6 Å². The molecule has 2 rings (SSSR count). The topological polar surface area (TPSA) is 71.1 Å². The van der Waals surface area contributed by atoms with E-state index in [1.807, 2.05) is 37.3 Å². The van der Waals surface area contributed by atoms with Crippen LogP contribution in [0.2, 0.25) is 0 Å². The molecule has 1 aromatic carbocycles. The van der Waals surface area contributed by atoms with Gasteiger partial charge in [0.1, 0.15) is 5.75 Å². The highest BCUT2D eigenvalue weighted by Crippen LogP contribution is 2.18. The summed E-state index contributed by atoms with van der Waals surface area (Å²) in [5.74, 6) is 0.975. The second-order valence-corrected chi connectivity index (χ2v) is 3.89. The maximum atomic E-state index is 9.63. The molecule has 1 heterocycles. The number of aromatic nitrogens is 2. The number of nitrogens with one attached hydrogen (secondary N) is 1. The highest BCUT2D eigenvalue weighted by atomic mass is 16.5. The molecule has 0 fully saturated rings. The number of ether oxygens (including phenoxy) is 1. The van der Waals surface area contributed by atoms with Crippen molar-refractivity contribution in [2.75, 3.05) is 0 Å². The van der Waals surface area contributed by atoms with E-state index in [9.17, 15) is 5.21 Å². The fraction of sp³-hybridized carbons (Fsp3) is 0.231. The number of rotatable bonds is 4. The summed E-state index contributed by atoms with van der Waals surface area (Å²) in [5.41, 5.74) is 0.385. The predicted octanol–water partition coefficient (Wildman–Crippen LogP) is 2.34. The third-order valence-electron chi connectivity index (χ3n) is 2.45. The molecular weight excluding hydrogens is 230 g/mol. The van der Waals surface area contributed by atoms with Gasteiger partial charge in [0.05, 0.1) is 5.69 Å². The monoisotopic (exact) mass is 245 g/mol. The number of aryl methyl sites for hydroxylation is 1. The molecule has 0 saturated carbocycles. The highest BCUT2D eigenvalue weighted by Gasteiger charge is 2.06. The Hall–Kier alpha value is -2.30. The first-order chi connectivity index (χ1) is 8.70. The van der Waals surface area contributed by atoms with Gasteiger partial charge < -0.3 is 9.94 Å². The van der Waals surface area contributed by atoms with Crippen molar-refractivity contribution < 1.29 is 9.94 Å². The minimum Gasteiger partial charge on any atom is -0.439 e. The Bertz CT molecular complexity index is 579. The molecule has 5 nitrogen and oxygen atoms in total. The Labute approximate surface area is 105 Å². The van der Waals surface area contributed by atoms with Crippen LogP contribution < -0.4 is 10.4 Å². The second-order valence-electron chi connectivity index (χ2n) is 3.89. The van der Waals surface area contributed by atoms with Gasteiger partial charge in [-0.05, 0) is 18.6 Å². The van der Waals surface area contributed by atoms with Crippen molar-refractivity contribution in [3.05, 3.63) is 47.7 Å². The predicted molar refractivity (Wildman–Crippen MR) is 65.8 cm³/mol. The molecule has 0 radical (unpaired) electrons. The van der Waals surface area contributed by atoms with Gasteiger partial charge in [-0.1, -0.05) is 31.5 Å². The molecule has 18 heavy (non-hydrogen) atoms. The van der Waals surface area contributed by atoms with Crippen LogP contribution in [0.4, 0.5) is 0 Å². The SMILES string of the molecule is CCCc1cc(Oc2ccccc2)nc(=N)n1O. The average molecular weight is 245 g/mol. The summed E-state index contributed by atoms with van der Waals surface area (Å²) in [6.45, 7) is 2.00. The van der Waals surface area contributed by atoms with E-state index in [1.165, 1.54) is 0 Å². The molecule has 5 heteroatoms. The van der Waals surface area contributed by atoms with Crippen molar-refractivity contribution >= 4 is 0 Å². The normalized spacial score (nSPS) is 10.3. The minimum absolute atomic E-state index is 0.230. The first-order valence-corrected chi connectivity index (χ1v) is 5.80. The molecule has 1 aromatic heterocycles. The summed E-state index contributed by atoms with van der Waals surface area (Å²) in [6, 6.07) is 10.9. The van der Waals surface area contributed by atoms with Crippen LogP contribution in [0.3, 0.4) is 0 Å². The minimum atomic E-state index is -0.230. The lowest BCUT2D eigenvalue weighted by Crippen LogP contribution is -2.24. The first-order valence-electron chi connectivity index (χ1n) is 5.80. The molecule has 0 bridgehead atoms. The van der Waals surface area contributed by atoms with Crippen LogP contribution in [0, 0.1) is 5.41 Å². The van der Waals surface area contributed by atoms with Crippen LogP contribution in [0.1, 0.15) is 19.0 Å². The zero-order valence-corrected chi connectivity index (χ0v) is 10.1. The Morgan fingerprint density at radius 1 is 1.33 bits per heavy atom. The van der Waals surface area contributed by atoms with Crippen LogP contribution in [0.25, 0.3) is 0 Å². The van der Waals surface area contributed by atoms with Crippen molar-refractivity contribution in [1.29, 1.82) is 5.41 Å². The van der Waals surface area contributed by atoms with E-state index in [-0.39, 0.29) is 5.62 Å². The molecular formula is C13H15N3O2. The zero-order chi connectivity index (χ0) is 13.0. The number of benzene rings is 1. The summed E-state index contributed by atoms with van der Waals surface area (Å²) >= 11 is 0. The molecule has 0 aliphatic rings. The van der Waals surface area contributed by atoms with Crippen LogP contribution in [0.5, 0.6) is 11.6 Å². The van der Waals surface area contributed by atoms with Crippen molar-refractivity contribution in [2.24, 2.45) is 0 Å². The summed E-state index contributed by atoms with van der Waals surface area (Å²) in [4.78, 5) is 3.87. The van der Waals surface area contributed by atoms with E-state index in [0.717, 1.165) is 11.2 Å². The van der Waals surface area contributed by atoms with Crippen LogP contribution >= 0.6 is 0 Å². The maximum absolute atomic E-state index is 9.63. The quantitative estimate of drug-likeness (QED) is 0.812. The summed E-state index contributed by atoms with van der Waals surface area (Å²) in [7, 11) is 0. The van der Waals surface area contributed by atoms with Gasteiger partial charge in [-0.25, -0.2) is 0 Å². The molecule has 94 valence electrons. The number of para-hydroxylation sites is 1. The number of hydrogen-bond donors (Lipinski definition) is 2. The standard InChI is InChI=1S/C13H15N3O2/c1-2-6-10-9-12(15-13(14)16(10)17)18-11-7-4-3-5-8-11/h3-5,7-9,14,17H,2,6H2,1H3. The lowest BCUT2D eigenvalue weighted by atomic mass is 10.2. The van der Waals surface area contributed by atoms with E-state index >= 15 is 0 Å². The molecule has 0 saturated heterocycles. The number of nitrogens with zero attached hydrogens (tertiary/aromatic N) is 2. The Morgan fingerprint density at radius 2 is 2.06 bits per heavy atom. The van der Waals surface area contributed by atoms with Crippen LogP contribution in [0.15, 0.2) is 36.4 Å². The Morgan fingerprint density at radius 3 is 2.72 bits per heavy atom. The van der Waals surface area contributed by atoms with E-state index in [0.29, 0.717) is 23.7 Å². The third kappa shape index (κ3) is 2.68. The fourth-order valence-electron chi connectivity index (χ4n) is 1.62. The average Bonchev–Trinajstić information content (AvgIpc) is 2.37. The smallest absolute Gasteiger partial charge is 0.258 e. The molecule has 0 spiro atoms. The molecule has 0 aliphatic heterocycles. The van der Waals surface area contributed by atoms with Gasteiger partial charge >= 0.3 is 0 Å². The first kappa shape index (κ1) is 12.2. The van der Waals surface area contributed by atoms with Gasteiger partial charge in [0, 0.05) is 6.07 Å². The Balaban J connectivity index is 2.32. The Kier molecular flexibility index (Phi) is 3.62. The van der Waals surface area contributed by atoms with Crippen molar-refractivity contribution in [1.82, 2.24) is 9.71 Å². The molecule has 0 aliphatic carbocycles. The van der Waals surface area contributed by atoms with Gasteiger partial charge in [-0.3, -0.25) is 5.41 Å². The van der Waals surface area contributed by atoms with Crippen LogP contribution in [-0.2, 0) is 6.42 Å². The highest BCUT2D eigenvalue weighted by molar-refractivity contribution is 5.26. The van der Waals surface area contributed by atoms with E-state index in [1.54, 1.807) is 6.07 Å². The van der Waals surface area contributed by atoms with E-state index < -0.39 is 0 Å². The van der Waals surface area contributed by atoms with Gasteiger partial charge in [-0.15, -0.1) is 0 Å².